The molecule has 0 fully saturated rings. The molecule has 144 valence electrons. The molecule has 1 amide bonds. The molecule has 0 aliphatic rings. The van der Waals surface area contributed by atoms with Gasteiger partial charge in [-0.1, -0.05) is 50.7 Å². The number of aliphatic carboxylic acids is 1. The first-order valence-electron chi connectivity index (χ1n) is 9.43. The molecule has 0 aliphatic heterocycles. The van der Waals surface area contributed by atoms with E-state index in [9.17, 15) is 9.59 Å². The number of carboxylic acids is 1. The number of rotatable bonds is 14. The molecule has 1 aromatic carbocycles. The van der Waals surface area contributed by atoms with Crippen LogP contribution >= 0.6 is 0 Å². The SMILES string of the molecule is COc1cccc(/C=C/C(=O)NCCCCCCCCCCC(=O)O)c1. The summed E-state index contributed by atoms with van der Waals surface area (Å²) >= 11 is 0. The Morgan fingerprint density at radius 2 is 1.69 bits per heavy atom. The molecule has 1 rings (SSSR count). The number of hydrogen-bond acceptors (Lipinski definition) is 3. The summed E-state index contributed by atoms with van der Waals surface area (Å²) < 4.78 is 5.15. The zero-order chi connectivity index (χ0) is 19.0. The average Bonchev–Trinajstić information content (AvgIpc) is 2.64. The Hall–Kier alpha value is -2.30. The number of ether oxygens (including phenoxy) is 1. The molecule has 2 N–H and O–H groups in total. The van der Waals surface area contributed by atoms with Crippen molar-refractivity contribution in [3.8, 4) is 5.75 Å². The van der Waals surface area contributed by atoms with Crippen LogP contribution in [0, 0.1) is 0 Å². The normalized spacial score (nSPS) is 10.8. The van der Waals surface area contributed by atoms with E-state index in [4.69, 9.17) is 9.84 Å². The molecule has 0 aliphatic carbocycles. The molecule has 0 radical (unpaired) electrons. The van der Waals surface area contributed by atoms with E-state index in [1.807, 2.05) is 24.3 Å². The molecule has 5 heteroatoms. The second-order valence-corrected chi connectivity index (χ2v) is 6.37. The van der Waals surface area contributed by atoms with Crippen molar-refractivity contribution >= 4 is 18.0 Å². The number of methoxy groups -OCH3 is 1. The van der Waals surface area contributed by atoms with E-state index in [-0.39, 0.29) is 12.3 Å². The first-order chi connectivity index (χ1) is 12.6. The van der Waals surface area contributed by atoms with Crippen LogP contribution in [0.15, 0.2) is 30.3 Å². The summed E-state index contributed by atoms with van der Waals surface area (Å²) in [5, 5.41) is 11.4. The third kappa shape index (κ3) is 11.3. The van der Waals surface area contributed by atoms with Crippen molar-refractivity contribution in [2.24, 2.45) is 0 Å². The zero-order valence-electron chi connectivity index (χ0n) is 15.7. The summed E-state index contributed by atoms with van der Waals surface area (Å²) in [5.41, 5.74) is 0.933. The van der Waals surface area contributed by atoms with Crippen LogP contribution in [0.5, 0.6) is 5.75 Å². The molecular formula is C21H31NO4. The van der Waals surface area contributed by atoms with Crippen molar-refractivity contribution < 1.29 is 19.4 Å². The van der Waals surface area contributed by atoms with Crippen LogP contribution in [0.2, 0.25) is 0 Å². The van der Waals surface area contributed by atoms with Crippen LogP contribution < -0.4 is 10.1 Å². The van der Waals surface area contributed by atoms with Gasteiger partial charge < -0.3 is 15.2 Å². The minimum atomic E-state index is -0.703. The highest BCUT2D eigenvalue weighted by molar-refractivity contribution is 5.91. The molecule has 0 saturated carbocycles. The van der Waals surface area contributed by atoms with E-state index in [1.54, 1.807) is 19.3 Å². The molecule has 0 heterocycles. The maximum atomic E-state index is 11.8. The Labute approximate surface area is 156 Å². The van der Waals surface area contributed by atoms with Crippen molar-refractivity contribution in [1.82, 2.24) is 5.32 Å². The minimum absolute atomic E-state index is 0.0775. The van der Waals surface area contributed by atoms with Gasteiger partial charge in [-0.3, -0.25) is 9.59 Å². The molecule has 1 aromatic rings. The van der Waals surface area contributed by atoms with Gasteiger partial charge in [0.1, 0.15) is 5.75 Å². The topological polar surface area (TPSA) is 75.6 Å². The van der Waals surface area contributed by atoms with Crippen LogP contribution in [-0.4, -0.2) is 30.6 Å². The van der Waals surface area contributed by atoms with Crippen LogP contribution in [0.1, 0.15) is 63.4 Å². The molecule has 0 atom stereocenters. The number of carboxylic acid groups (broad SMARTS) is 1. The van der Waals surface area contributed by atoms with E-state index in [2.05, 4.69) is 5.32 Å². The molecule has 0 bridgehead atoms. The maximum Gasteiger partial charge on any atom is 0.303 e. The first-order valence-corrected chi connectivity index (χ1v) is 9.43. The predicted molar refractivity (Wildman–Crippen MR) is 104 cm³/mol. The fourth-order valence-corrected chi connectivity index (χ4v) is 2.65. The van der Waals surface area contributed by atoms with Crippen molar-refractivity contribution in [2.75, 3.05) is 13.7 Å². The van der Waals surface area contributed by atoms with Crippen molar-refractivity contribution in [1.29, 1.82) is 0 Å². The third-order valence-corrected chi connectivity index (χ3v) is 4.14. The van der Waals surface area contributed by atoms with Crippen LogP contribution in [0.4, 0.5) is 0 Å². The summed E-state index contributed by atoms with van der Waals surface area (Å²) in [7, 11) is 1.62. The average molecular weight is 361 g/mol. The number of unbranched alkanes of at least 4 members (excludes halogenated alkanes) is 7. The number of amides is 1. The largest absolute Gasteiger partial charge is 0.497 e. The minimum Gasteiger partial charge on any atom is -0.497 e. The molecule has 26 heavy (non-hydrogen) atoms. The standard InChI is InChI=1S/C21H31NO4/c1-26-19-12-10-11-18(17-19)14-15-20(23)22-16-9-7-5-3-2-4-6-8-13-21(24)25/h10-12,14-15,17H,2-9,13,16H2,1H3,(H,22,23)(H,24,25)/b15-14+. The lowest BCUT2D eigenvalue weighted by atomic mass is 10.1. The second kappa shape index (κ2) is 13.9. The Kier molecular flexibility index (Phi) is 11.6. The van der Waals surface area contributed by atoms with E-state index >= 15 is 0 Å². The highest BCUT2D eigenvalue weighted by Crippen LogP contribution is 2.13. The predicted octanol–water partition coefficient (Wildman–Crippen LogP) is 4.42. The van der Waals surface area contributed by atoms with Gasteiger partial charge >= 0.3 is 5.97 Å². The highest BCUT2D eigenvalue weighted by Gasteiger charge is 1.98. The molecule has 0 spiro atoms. The lowest BCUT2D eigenvalue weighted by molar-refractivity contribution is -0.137. The van der Waals surface area contributed by atoms with E-state index in [1.165, 1.54) is 6.42 Å². The Morgan fingerprint density at radius 1 is 1.04 bits per heavy atom. The van der Waals surface area contributed by atoms with Crippen molar-refractivity contribution in [3.05, 3.63) is 35.9 Å². The summed E-state index contributed by atoms with van der Waals surface area (Å²) in [4.78, 5) is 22.2. The van der Waals surface area contributed by atoms with Gasteiger partial charge in [-0.25, -0.2) is 0 Å². The van der Waals surface area contributed by atoms with Gasteiger partial charge in [0.2, 0.25) is 5.91 Å². The highest BCUT2D eigenvalue weighted by atomic mass is 16.5. The summed E-state index contributed by atoms with van der Waals surface area (Å²) in [6.45, 7) is 0.694. The van der Waals surface area contributed by atoms with Gasteiger partial charge in [0.15, 0.2) is 0 Å². The summed E-state index contributed by atoms with van der Waals surface area (Å²) in [6.07, 6.45) is 12.1. The number of nitrogens with one attached hydrogen (secondary N) is 1. The molecule has 5 nitrogen and oxygen atoms in total. The molecule has 0 unspecified atom stereocenters. The van der Waals surface area contributed by atoms with Crippen molar-refractivity contribution in [3.63, 3.8) is 0 Å². The maximum absolute atomic E-state index is 11.8. The van der Waals surface area contributed by atoms with E-state index < -0.39 is 5.97 Å². The van der Waals surface area contributed by atoms with Crippen LogP contribution in [-0.2, 0) is 9.59 Å². The fraction of sp³-hybridized carbons (Fsp3) is 0.524. The van der Waals surface area contributed by atoms with Gasteiger partial charge in [-0.05, 0) is 36.6 Å². The van der Waals surface area contributed by atoms with Crippen LogP contribution in [0.3, 0.4) is 0 Å². The number of carbonyl (C=O) groups is 2. The van der Waals surface area contributed by atoms with E-state index in [0.29, 0.717) is 6.54 Å². The van der Waals surface area contributed by atoms with Crippen LogP contribution in [0.25, 0.3) is 6.08 Å². The summed E-state index contributed by atoms with van der Waals surface area (Å²) in [5.74, 6) is -0.00826. The lowest BCUT2D eigenvalue weighted by Crippen LogP contribution is -2.21. The van der Waals surface area contributed by atoms with Gasteiger partial charge in [0, 0.05) is 19.0 Å². The Morgan fingerprint density at radius 3 is 2.35 bits per heavy atom. The Balaban J connectivity index is 1.99. The van der Waals surface area contributed by atoms with Gasteiger partial charge in [0.25, 0.3) is 0 Å². The monoisotopic (exact) mass is 361 g/mol. The fourth-order valence-electron chi connectivity index (χ4n) is 2.65. The Bertz CT molecular complexity index is 569. The third-order valence-electron chi connectivity index (χ3n) is 4.14. The smallest absolute Gasteiger partial charge is 0.303 e. The second-order valence-electron chi connectivity index (χ2n) is 6.37. The van der Waals surface area contributed by atoms with E-state index in [0.717, 1.165) is 56.3 Å². The summed E-state index contributed by atoms with van der Waals surface area (Å²) in [6, 6.07) is 7.56. The number of benzene rings is 1. The van der Waals surface area contributed by atoms with Gasteiger partial charge in [-0.15, -0.1) is 0 Å². The molecule has 0 aromatic heterocycles. The first kappa shape index (κ1) is 21.7. The lowest BCUT2D eigenvalue weighted by Gasteiger charge is -2.03. The number of carbonyl (C=O) groups excluding carboxylic acids is 1. The van der Waals surface area contributed by atoms with Crippen molar-refractivity contribution in [2.45, 2.75) is 57.8 Å². The quantitative estimate of drug-likeness (QED) is 0.380. The number of hydrogen-bond donors (Lipinski definition) is 2. The zero-order valence-corrected chi connectivity index (χ0v) is 15.7. The van der Waals surface area contributed by atoms with Gasteiger partial charge in [-0.2, -0.15) is 0 Å². The van der Waals surface area contributed by atoms with Gasteiger partial charge in [0.05, 0.1) is 7.11 Å². The molecular weight excluding hydrogens is 330 g/mol. The molecule has 0 saturated heterocycles.